The van der Waals surface area contributed by atoms with Gasteiger partial charge in [-0.3, -0.25) is 0 Å². The molecular formula is C11H24N2O. The Morgan fingerprint density at radius 2 is 2.14 bits per heavy atom. The van der Waals surface area contributed by atoms with Gasteiger partial charge in [-0.05, 0) is 24.8 Å². The van der Waals surface area contributed by atoms with E-state index < -0.39 is 0 Å². The monoisotopic (exact) mass is 200 g/mol. The average Bonchev–Trinajstić information content (AvgIpc) is 2.46. The van der Waals surface area contributed by atoms with Crippen LogP contribution in [0.1, 0.15) is 26.7 Å². The highest BCUT2D eigenvalue weighted by Gasteiger charge is 2.23. The zero-order chi connectivity index (χ0) is 10.4. The molecule has 1 aliphatic heterocycles. The van der Waals surface area contributed by atoms with Crippen molar-refractivity contribution in [3.8, 4) is 0 Å². The molecule has 0 amide bonds. The molecule has 1 heterocycles. The van der Waals surface area contributed by atoms with E-state index in [0.29, 0.717) is 0 Å². The second-order valence-electron chi connectivity index (χ2n) is 4.61. The van der Waals surface area contributed by atoms with Gasteiger partial charge < -0.3 is 15.4 Å². The summed E-state index contributed by atoms with van der Waals surface area (Å²) >= 11 is 0. The number of rotatable bonds is 4. The molecular weight excluding hydrogens is 176 g/mol. The summed E-state index contributed by atoms with van der Waals surface area (Å²) in [6.45, 7) is 10.4. The molecule has 0 aromatic heterocycles. The van der Waals surface area contributed by atoms with E-state index >= 15 is 0 Å². The van der Waals surface area contributed by atoms with E-state index in [4.69, 9.17) is 10.5 Å². The maximum atomic E-state index is 5.82. The minimum Gasteiger partial charge on any atom is -0.380 e. The standard InChI is InChI=1S/C11H24N2O/c1-3-11(2,9-12)10-13-5-4-7-14-8-6-13/h3-10,12H2,1-2H3. The van der Waals surface area contributed by atoms with E-state index in [1.807, 2.05) is 0 Å². The Labute approximate surface area is 87.6 Å². The van der Waals surface area contributed by atoms with Crippen molar-refractivity contribution in [2.45, 2.75) is 26.7 Å². The molecule has 1 aliphatic rings. The topological polar surface area (TPSA) is 38.5 Å². The van der Waals surface area contributed by atoms with Crippen LogP contribution in [-0.4, -0.2) is 44.3 Å². The largest absolute Gasteiger partial charge is 0.380 e. The van der Waals surface area contributed by atoms with Gasteiger partial charge in [0.2, 0.25) is 0 Å². The molecule has 3 nitrogen and oxygen atoms in total. The molecule has 0 saturated carbocycles. The number of hydrogen-bond acceptors (Lipinski definition) is 3. The third-order valence-corrected chi connectivity index (χ3v) is 3.27. The van der Waals surface area contributed by atoms with Crippen LogP contribution in [0, 0.1) is 5.41 Å². The van der Waals surface area contributed by atoms with Crippen LogP contribution in [0.25, 0.3) is 0 Å². The van der Waals surface area contributed by atoms with Gasteiger partial charge in [0.05, 0.1) is 6.61 Å². The molecule has 1 unspecified atom stereocenters. The SMILES string of the molecule is CCC(C)(CN)CN1CCCOCC1. The number of ether oxygens (including phenoxy) is 1. The molecule has 1 fully saturated rings. The maximum Gasteiger partial charge on any atom is 0.0593 e. The third-order valence-electron chi connectivity index (χ3n) is 3.27. The summed E-state index contributed by atoms with van der Waals surface area (Å²) < 4.78 is 5.43. The van der Waals surface area contributed by atoms with E-state index in [0.717, 1.165) is 52.2 Å². The summed E-state index contributed by atoms with van der Waals surface area (Å²) in [5.74, 6) is 0. The molecule has 0 aromatic carbocycles. The van der Waals surface area contributed by atoms with Crippen molar-refractivity contribution >= 4 is 0 Å². The van der Waals surface area contributed by atoms with Crippen LogP contribution in [0.4, 0.5) is 0 Å². The third kappa shape index (κ3) is 3.56. The van der Waals surface area contributed by atoms with Gasteiger partial charge in [0, 0.05) is 26.2 Å². The van der Waals surface area contributed by atoms with Crippen LogP contribution in [0.15, 0.2) is 0 Å². The van der Waals surface area contributed by atoms with Crippen LogP contribution >= 0.6 is 0 Å². The molecule has 1 atom stereocenters. The second-order valence-corrected chi connectivity index (χ2v) is 4.61. The summed E-state index contributed by atoms with van der Waals surface area (Å²) in [5.41, 5.74) is 6.10. The van der Waals surface area contributed by atoms with Gasteiger partial charge in [0.1, 0.15) is 0 Å². The van der Waals surface area contributed by atoms with Crippen LogP contribution in [0.3, 0.4) is 0 Å². The quantitative estimate of drug-likeness (QED) is 0.738. The summed E-state index contributed by atoms with van der Waals surface area (Å²) in [5, 5.41) is 0. The van der Waals surface area contributed by atoms with Crippen LogP contribution in [0.5, 0.6) is 0 Å². The molecule has 0 spiro atoms. The van der Waals surface area contributed by atoms with Gasteiger partial charge in [-0.1, -0.05) is 13.8 Å². The molecule has 0 bridgehead atoms. The highest BCUT2D eigenvalue weighted by molar-refractivity contribution is 4.78. The summed E-state index contributed by atoms with van der Waals surface area (Å²) in [4.78, 5) is 2.49. The van der Waals surface area contributed by atoms with E-state index in [1.165, 1.54) is 0 Å². The first-order valence-electron chi connectivity index (χ1n) is 5.70. The lowest BCUT2D eigenvalue weighted by molar-refractivity contribution is 0.127. The van der Waals surface area contributed by atoms with Crippen molar-refractivity contribution in [2.75, 3.05) is 39.4 Å². The highest BCUT2D eigenvalue weighted by atomic mass is 16.5. The van der Waals surface area contributed by atoms with Crippen LogP contribution < -0.4 is 5.73 Å². The normalized spacial score (nSPS) is 24.2. The Hall–Kier alpha value is -0.120. The number of nitrogens with zero attached hydrogens (tertiary/aromatic N) is 1. The predicted molar refractivity (Wildman–Crippen MR) is 59.3 cm³/mol. The van der Waals surface area contributed by atoms with E-state index in [1.54, 1.807) is 0 Å². The Balaban J connectivity index is 2.39. The molecule has 1 rings (SSSR count). The number of nitrogens with two attached hydrogens (primary N) is 1. The minimum absolute atomic E-state index is 0.282. The first-order chi connectivity index (χ1) is 6.70. The fourth-order valence-corrected chi connectivity index (χ4v) is 1.82. The van der Waals surface area contributed by atoms with Crippen molar-refractivity contribution in [1.82, 2.24) is 4.90 Å². The zero-order valence-corrected chi connectivity index (χ0v) is 9.59. The maximum absolute atomic E-state index is 5.82. The predicted octanol–water partition coefficient (Wildman–Crippen LogP) is 1.08. The van der Waals surface area contributed by atoms with Crippen molar-refractivity contribution in [2.24, 2.45) is 11.1 Å². The van der Waals surface area contributed by atoms with Crippen molar-refractivity contribution < 1.29 is 4.74 Å². The van der Waals surface area contributed by atoms with Crippen LogP contribution in [-0.2, 0) is 4.74 Å². The van der Waals surface area contributed by atoms with E-state index in [-0.39, 0.29) is 5.41 Å². The summed E-state index contributed by atoms with van der Waals surface area (Å²) in [6.07, 6.45) is 2.31. The molecule has 14 heavy (non-hydrogen) atoms. The van der Waals surface area contributed by atoms with Gasteiger partial charge in [0.15, 0.2) is 0 Å². The lowest BCUT2D eigenvalue weighted by Crippen LogP contribution is -2.41. The van der Waals surface area contributed by atoms with Gasteiger partial charge >= 0.3 is 0 Å². The van der Waals surface area contributed by atoms with Crippen molar-refractivity contribution in [1.29, 1.82) is 0 Å². The lowest BCUT2D eigenvalue weighted by atomic mass is 9.87. The summed E-state index contributed by atoms with van der Waals surface area (Å²) in [7, 11) is 0. The fraction of sp³-hybridized carbons (Fsp3) is 1.00. The van der Waals surface area contributed by atoms with Crippen molar-refractivity contribution in [3.63, 3.8) is 0 Å². The highest BCUT2D eigenvalue weighted by Crippen LogP contribution is 2.21. The van der Waals surface area contributed by atoms with Gasteiger partial charge in [-0.2, -0.15) is 0 Å². The molecule has 84 valence electrons. The molecule has 1 saturated heterocycles. The molecule has 3 heteroatoms. The van der Waals surface area contributed by atoms with Gasteiger partial charge in [-0.25, -0.2) is 0 Å². The minimum atomic E-state index is 0.282. The fourth-order valence-electron chi connectivity index (χ4n) is 1.82. The molecule has 0 radical (unpaired) electrons. The Morgan fingerprint density at radius 3 is 2.79 bits per heavy atom. The number of hydrogen-bond donors (Lipinski definition) is 1. The average molecular weight is 200 g/mol. The van der Waals surface area contributed by atoms with E-state index in [9.17, 15) is 0 Å². The Bertz CT molecular complexity index is 149. The van der Waals surface area contributed by atoms with E-state index in [2.05, 4.69) is 18.7 Å². The van der Waals surface area contributed by atoms with Gasteiger partial charge in [0.25, 0.3) is 0 Å². The van der Waals surface area contributed by atoms with Crippen LogP contribution in [0.2, 0.25) is 0 Å². The smallest absolute Gasteiger partial charge is 0.0593 e. The molecule has 0 aliphatic carbocycles. The first kappa shape index (κ1) is 12.0. The Morgan fingerprint density at radius 1 is 1.36 bits per heavy atom. The molecule has 2 N–H and O–H groups in total. The summed E-state index contributed by atoms with van der Waals surface area (Å²) in [6, 6.07) is 0. The van der Waals surface area contributed by atoms with Gasteiger partial charge in [-0.15, -0.1) is 0 Å². The Kier molecular flexibility index (Phi) is 4.85. The first-order valence-corrected chi connectivity index (χ1v) is 5.70. The second kappa shape index (κ2) is 5.69. The molecule has 0 aromatic rings. The van der Waals surface area contributed by atoms with Crippen molar-refractivity contribution in [3.05, 3.63) is 0 Å². The lowest BCUT2D eigenvalue weighted by Gasteiger charge is -2.33. The zero-order valence-electron chi connectivity index (χ0n) is 9.59.